The van der Waals surface area contributed by atoms with Crippen molar-refractivity contribution in [2.45, 2.75) is 0 Å². The Morgan fingerprint density at radius 1 is 1.13 bits per heavy atom. The number of rotatable bonds is 4. The average molecular weight is 401 g/mol. The molecule has 0 bridgehead atoms. The molecule has 30 heavy (non-hydrogen) atoms. The van der Waals surface area contributed by atoms with Gasteiger partial charge in [-0.05, 0) is 53.3 Å². The molecule has 0 spiro atoms. The van der Waals surface area contributed by atoms with E-state index >= 15 is 0 Å². The van der Waals surface area contributed by atoms with Gasteiger partial charge in [0, 0.05) is 25.0 Å². The summed E-state index contributed by atoms with van der Waals surface area (Å²) in [5, 5.41) is 19.9. The van der Waals surface area contributed by atoms with E-state index in [-0.39, 0.29) is 27.4 Å². The molecule has 7 nitrogen and oxygen atoms in total. The van der Waals surface area contributed by atoms with Crippen LogP contribution in [0.2, 0.25) is 0 Å². The lowest BCUT2D eigenvalue weighted by atomic mass is 10.1. The molecule has 0 atom stereocenters. The second-order valence-corrected chi connectivity index (χ2v) is 6.80. The molecule has 0 aliphatic carbocycles. The summed E-state index contributed by atoms with van der Waals surface area (Å²) in [7, 11) is 3.84. The first-order valence-electron chi connectivity index (χ1n) is 8.92. The van der Waals surface area contributed by atoms with Crippen LogP contribution < -0.4 is 20.9 Å². The molecule has 150 valence electrons. The fraction of sp³-hybridized carbons (Fsp3) is 0.0870. The molecule has 1 aromatic heterocycles. The molecule has 1 heterocycles. The van der Waals surface area contributed by atoms with Crippen molar-refractivity contribution >= 4 is 30.0 Å². The number of carbonyl (C=O) groups is 1. The Labute approximate surface area is 172 Å². The molecule has 0 unspecified atom stereocenters. The van der Waals surface area contributed by atoms with Gasteiger partial charge in [0.2, 0.25) is 5.88 Å². The van der Waals surface area contributed by atoms with Crippen LogP contribution in [0, 0.1) is 6.57 Å². The molecule has 0 aliphatic rings. The van der Waals surface area contributed by atoms with Gasteiger partial charge in [0.15, 0.2) is 0 Å². The fourth-order valence-electron chi connectivity index (χ4n) is 3.01. The van der Waals surface area contributed by atoms with E-state index in [1.54, 1.807) is 6.08 Å². The normalized spacial score (nSPS) is 11.2. The predicted molar refractivity (Wildman–Crippen MR) is 116 cm³/mol. The molecule has 7 heteroatoms. The van der Waals surface area contributed by atoms with Crippen LogP contribution in [0.4, 0.5) is 11.4 Å². The van der Waals surface area contributed by atoms with Crippen molar-refractivity contribution in [3.8, 4) is 11.6 Å². The molecular weight excluding hydrogens is 382 g/mol. The molecule has 0 radical (unpaired) electrons. The summed E-state index contributed by atoms with van der Waals surface area (Å²) in [6, 6.07) is 12.9. The largest absolute Gasteiger partial charge is 0.502 e. The molecular formula is C23H19N3O4. The number of carboxylic acids is 1. The minimum Gasteiger partial charge on any atom is -0.502 e. The number of anilines is 1. The Morgan fingerprint density at radius 3 is 2.23 bits per heavy atom. The smallest absolute Gasteiger partial charge is 0.335 e. The van der Waals surface area contributed by atoms with Crippen LogP contribution in [0.1, 0.15) is 15.9 Å². The Balaban J connectivity index is 2.28. The molecule has 3 rings (SSSR count). The maximum absolute atomic E-state index is 13.2. The molecule has 0 saturated heterocycles. The molecule has 0 saturated carbocycles. The van der Waals surface area contributed by atoms with E-state index in [2.05, 4.69) is 11.4 Å². The quantitative estimate of drug-likeness (QED) is 0.654. The van der Waals surface area contributed by atoms with Gasteiger partial charge in [-0.3, -0.25) is 9.36 Å². The summed E-state index contributed by atoms with van der Waals surface area (Å²) in [5.74, 6) is -1.65. The summed E-state index contributed by atoms with van der Waals surface area (Å²) < 4.78 is 0.980. The summed E-state index contributed by atoms with van der Waals surface area (Å²) >= 11 is 0. The zero-order valence-corrected chi connectivity index (χ0v) is 16.5. The number of aromatic nitrogens is 1. The highest BCUT2D eigenvalue weighted by atomic mass is 16.4. The van der Waals surface area contributed by atoms with E-state index in [0.717, 1.165) is 15.8 Å². The van der Waals surface area contributed by atoms with Crippen molar-refractivity contribution in [1.29, 1.82) is 0 Å². The van der Waals surface area contributed by atoms with E-state index in [1.807, 2.05) is 43.3 Å². The molecule has 0 fully saturated rings. The standard InChI is InChI=1S/C23H19N3O4/c1-14-19(13-15-5-9-17(10-6-15)25(3)4)21(27)26(22(28)20(14)24-2)18-11-7-16(8-12-18)23(29)30/h5-13,28H,1H2,3-4H3,(H,29,30). The van der Waals surface area contributed by atoms with Gasteiger partial charge >= 0.3 is 5.97 Å². The van der Waals surface area contributed by atoms with Gasteiger partial charge in [-0.15, -0.1) is 6.58 Å². The first kappa shape index (κ1) is 20.4. The lowest BCUT2D eigenvalue weighted by Gasteiger charge is -2.12. The van der Waals surface area contributed by atoms with Gasteiger partial charge in [-0.25, -0.2) is 9.64 Å². The van der Waals surface area contributed by atoms with E-state index in [9.17, 15) is 14.7 Å². The molecule has 2 aromatic carbocycles. The van der Waals surface area contributed by atoms with Gasteiger partial charge in [-0.1, -0.05) is 12.1 Å². The Bertz CT molecular complexity index is 1330. The number of nitrogens with zero attached hydrogens (tertiary/aromatic N) is 3. The molecule has 0 aliphatic heterocycles. The minimum atomic E-state index is -1.11. The van der Waals surface area contributed by atoms with E-state index in [4.69, 9.17) is 11.7 Å². The predicted octanol–water partition coefficient (Wildman–Crippen LogP) is 2.10. The van der Waals surface area contributed by atoms with Crippen molar-refractivity contribution in [2.75, 3.05) is 19.0 Å². The van der Waals surface area contributed by atoms with Crippen LogP contribution in [0.15, 0.2) is 53.3 Å². The summed E-state index contributed by atoms with van der Waals surface area (Å²) in [5.41, 5.74) is 1.29. The SMILES string of the molecule is [C-]#[N+]c1c(O)n(-c2ccc(C(=O)O)cc2)c(=O)c(=Cc2ccc(N(C)C)cc2)c1=C. The average Bonchev–Trinajstić information content (AvgIpc) is 2.72. The van der Waals surface area contributed by atoms with Crippen molar-refractivity contribution in [1.82, 2.24) is 4.57 Å². The lowest BCUT2D eigenvalue weighted by Crippen LogP contribution is -2.43. The van der Waals surface area contributed by atoms with Crippen LogP contribution >= 0.6 is 0 Å². The molecule has 3 aromatic rings. The second-order valence-electron chi connectivity index (χ2n) is 6.80. The van der Waals surface area contributed by atoms with E-state index < -0.39 is 17.4 Å². The first-order chi connectivity index (χ1) is 14.2. The van der Waals surface area contributed by atoms with Crippen molar-refractivity contribution < 1.29 is 15.0 Å². The second kappa shape index (κ2) is 7.97. The van der Waals surface area contributed by atoms with Gasteiger partial charge in [0.05, 0.1) is 17.8 Å². The van der Waals surface area contributed by atoms with Crippen molar-refractivity contribution in [2.24, 2.45) is 0 Å². The lowest BCUT2D eigenvalue weighted by molar-refractivity contribution is 0.0697. The molecule has 2 N–H and O–H groups in total. The van der Waals surface area contributed by atoms with E-state index in [1.165, 1.54) is 24.3 Å². The van der Waals surface area contributed by atoms with Crippen LogP contribution in [0.25, 0.3) is 23.2 Å². The Kier molecular flexibility index (Phi) is 5.43. The van der Waals surface area contributed by atoms with Crippen molar-refractivity contribution in [3.05, 3.63) is 91.9 Å². The van der Waals surface area contributed by atoms with Crippen LogP contribution in [0.3, 0.4) is 0 Å². The number of aromatic carboxylic acids is 1. The summed E-state index contributed by atoms with van der Waals surface area (Å²) in [4.78, 5) is 29.5. The maximum Gasteiger partial charge on any atom is 0.335 e. The zero-order chi connectivity index (χ0) is 22.0. The monoisotopic (exact) mass is 401 g/mol. The topological polar surface area (TPSA) is 87.1 Å². The highest BCUT2D eigenvalue weighted by Crippen LogP contribution is 2.22. The number of carboxylic acid groups (broad SMARTS) is 1. The van der Waals surface area contributed by atoms with Crippen LogP contribution in [0.5, 0.6) is 5.88 Å². The third-order valence-electron chi connectivity index (χ3n) is 4.67. The number of hydrogen-bond donors (Lipinski definition) is 2. The number of pyridine rings is 1. The molecule has 0 amide bonds. The third-order valence-corrected chi connectivity index (χ3v) is 4.67. The maximum atomic E-state index is 13.2. The van der Waals surface area contributed by atoms with Crippen LogP contribution in [-0.2, 0) is 0 Å². The number of hydrogen-bond acceptors (Lipinski definition) is 4. The van der Waals surface area contributed by atoms with Crippen LogP contribution in [-0.4, -0.2) is 34.8 Å². The summed E-state index contributed by atoms with van der Waals surface area (Å²) in [6.45, 7) is 11.2. The fourth-order valence-corrected chi connectivity index (χ4v) is 3.01. The summed E-state index contributed by atoms with van der Waals surface area (Å²) in [6.07, 6.45) is 1.61. The highest BCUT2D eigenvalue weighted by molar-refractivity contribution is 5.87. The zero-order valence-electron chi connectivity index (χ0n) is 16.5. The first-order valence-corrected chi connectivity index (χ1v) is 8.92. The number of benzene rings is 2. The van der Waals surface area contributed by atoms with Crippen molar-refractivity contribution in [3.63, 3.8) is 0 Å². The Morgan fingerprint density at radius 2 is 1.73 bits per heavy atom. The van der Waals surface area contributed by atoms with Gasteiger partial charge < -0.3 is 15.1 Å². The van der Waals surface area contributed by atoms with Gasteiger partial charge in [-0.2, -0.15) is 0 Å². The Hall–Kier alpha value is -4.31. The third kappa shape index (κ3) is 3.66. The highest BCUT2D eigenvalue weighted by Gasteiger charge is 2.15. The van der Waals surface area contributed by atoms with Gasteiger partial charge in [0.25, 0.3) is 11.2 Å². The van der Waals surface area contributed by atoms with E-state index in [0.29, 0.717) is 0 Å². The minimum absolute atomic E-state index is 0.0400. The number of aromatic hydroxyl groups is 1. The van der Waals surface area contributed by atoms with Gasteiger partial charge in [0.1, 0.15) is 0 Å².